The predicted molar refractivity (Wildman–Crippen MR) is 70.6 cm³/mol. The van der Waals surface area contributed by atoms with Gasteiger partial charge in [0.05, 0.1) is 12.7 Å². The molecule has 7 nitrogen and oxygen atoms in total. The number of aromatic carboxylic acids is 1. The fraction of sp³-hybridized carbons (Fsp3) is 0.357. The van der Waals surface area contributed by atoms with Gasteiger partial charge in [0.15, 0.2) is 23.9 Å². The second-order valence-corrected chi connectivity index (χ2v) is 4.78. The van der Waals surface area contributed by atoms with Crippen LogP contribution >= 0.6 is 0 Å². The third-order valence-corrected chi connectivity index (χ3v) is 3.19. The number of hydrogen-bond donors (Lipinski definition) is 1. The van der Waals surface area contributed by atoms with Crippen LogP contribution in [-0.4, -0.2) is 28.3 Å². The number of ether oxygens (including phenoxy) is 2. The Morgan fingerprint density at radius 3 is 2.90 bits per heavy atom. The Morgan fingerprint density at radius 1 is 1.43 bits per heavy atom. The molecule has 1 aromatic heterocycles. The van der Waals surface area contributed by atoms with Crippen molar-refractivity contribution >= 4 is 5.97 Å². The molecule has 0 spiro atoms. The van der Waals surface area contributed by atoms with E-state index >= 15 is 0 Å². The topological polar surface area (TPSA) is 94.7 Å². The molecule has 1 aliphatic rings. The first-order valence-corrected chi connectivity index (χ1v) is 6.54. The van der Waals surface area contributed by atoms with Crippen molar-refractivity contribution in [2.24, 2.45) is 0 Å². The summed E-state index contributed by atoms with van der Waals surface area (Å²) < 4.78 is 15.8. The molecule has 1 aliphatic carbocycles. The molecular formula is C14H14N2O5. The molecule has 0 unspecified atom stereocenters. The maximum absolute atomic E-state index is 11.0. The highest BCUT2D eigenvalue weighted by molar-refractivity contribution is 5.88. The zero-order chi connectivity index (χ0) is 14.8. The lowest BCUT2D eigenvalue weighted by Gasteiger charge is -2.09. The highest BCUT2D eigenvalue weighted by Gasteiger charge is 2.28. The van der Waals surface area contributed by atoms with E-state index in [1.54, 1.807) is 6.07 Å². The maximum atomic E-state index is 11.0. The lowest BCUT2D eigenvalue weighted by Crippen LogP contribution is -2.01. The Bertz CT molecular complexity index is 663. The smallest absolute Gasteiger partial charge is 0.335 e. The van der Waals surface area contributed by atoms with E-state index in [1.165, 1.54) is 19.2 Å². The van der Waals surface area contributed by atoms with Crippen LogP contribution in [0.15, 0.2) is 22.7 Å². The van der Waals surface area contributed by atoms with Crippen LogP contribution in [0.5, 0.6) is 11.5 Å². The van der Waals surface area contributed by atoms with Gasteiger partial charge in [0, 0.05) is 5.92 Å². The molecule has 1 N–H and O–H groups in total. The van der Waals surface area contributed by atoms with Gasteiger partial charge in [-0.3, -0.25) is 0 Å². The molecular weight excluding hydrogens is 276 g/mol. The van der Waals surface area contributed by atoms with Gasteiger partial charge in [-0.25, -0.2) is 4.79 Å². The fourth-order valence-electron chi connectivity index (χ4n) is 1.90. The summed E-state index contributed by atoms with van der Waals surface area (Å²) in [6, 6.07) is 4.40. The number of nitrogens with zero attached hydrogens (tertiary/aromatic N) is 2. The summed E-state index contributed by atoms with van der Waals surface area (Å²) in [5.41, 5.74) is 0.120. The van der Waals surface area contributed by atoms with Gasteiger partial charge in [-0.2, -0.15) is 4.98 Å². The molecule has 7 heteroatoms. The summed E-state index contributed by atoms with van der Waals surface area (Å²) in [5.74, 6) is 1.22. The molecule has 1 fully saturated rings. The van der Waals surface area contributed by atoms with Crippen LogP contribution in [0.1, 0.15) is 40.8 Å². The number of benzene rings is 1. The largest absolute Gasteiger partial charge is 0.493 e. The Labute approximate surface area is 120 Å². The van der Waals surface area contributed by atoms with Crippen molar-refractivity contribution in [3.8, 4) is 11.5 Å². The van der Waals surface area contributed by atoms with Gasteiger partial charge in [-0.05, 0) is 31.0 Å². The Balaban J connectivity index is 1.73. The summed E-state index contributed by atoms with van der Waals surface area (Å²) in [7, 11) is 1.49. The molecule has 0 bridgehead atoms. The van der Waals surface area contributed by atoms with E-state index in [2.05, 4.69) is 10.1 Å². The molecule has 0 atom stereocenters. The predicted octanol–water partition coefficient (Wildman–Crippen LogP) is 2.23. The molecule has 1 aromatic carbocycles. The van der Waals surface area contributed by atoms with Crippen LogP contribution in [-0.2, 0) is 6.61 Å². The van der Waals surface area contributed by atoms with E-state index in [0.717, 1.165) is 12.8 Å². The summed E-state index contributed by atoms with van der Waals surface area (Å²) in [6.45, 7) is 0.0686. The van der Waals surface area contributed by atoms with Crippen LogP contribution in [0, 0.1) is 0 Å². The minimum atomic E-state index is -1.03. The Kier molecular flexibility index (Phi) is 3.47. The standard InChI is InChI=1S/C14H14N2O5/c1-19-10-5-4-9(14(17)18)6-11(10)20-7-12-15-13(16-21-12)8-2-3-8/h4-6,8H,2-3,7H2,1H3,(H,17,18). The molecule has 0 saturated heterocycles. The molecule has 0 aliphatic heterocycles. The number of carboxylic acids is 1. The van der Waals surface area contributed by atoms with E-state index in [1.807, 2.05) is 0 Å². The first-order valence-electron chi connectivity index (χ1n) is 6.54. The highest BCUT2D eigenvalue weighted by atomic mass is 16.5. The summed E-state index contributed by atoms with van der Waals surface area (Å²) in [4.78, 5) is 15.2. The van der Waals surface area contributed by atoms with Crippen molar-refractivity contribution in [3.05, 3.63) is 35.5 Å². The van der Waals surface area contributed by atoms with Crippen LogP contribution in [0.2, 0.25) is 0 Å². The Hall–Kier alpha value is -2.57. The number of methoxy groups -OCH3 is 1. The minimum Gasteiger partial charge on any atom is -0.493 e. The van der Waals surface area contributed by atoms with E-state index in [4.69, 9.17) is 19.1 Å². The maximum Gasteiger partial charge on any atom is 0.335 e. The van der Waals surface area contributed by atoms with Gasteiger partial charge < -0.3 is 19.1 Å². The molecule has 1 saturated carbocycles. The highest BCUT2D eigenvalue weighted by Crippen LogP contribution is 2.38. The van der Waals surface area contributed by atoms with Crippen LogP contribution < -0.4 is 9.47 Å². The van der Waals surface area contributed by atoms with Crippen molar-refractivity contribution in [1.82, 2.24) is 10.1 Å². The lowest BCUT2D eigenvalue weighted by molar-refractivity contribution is 0.0696. The minimum absolute atomic E-state index is 0.0686. The van der Waals surface area contributed by atoms with Crippen molar-refractivity contribution in [3.63, 3.8) is 0 Å². The SMILES string of the molecule is COc1ccc(C(=O)O)cc1OCc1nc(C2CC2)no1. The summed E-state index contributed by atoms with van der Waals surface area (Å²) in [6.07, 6.45) is 2.18. The van der Waals surface area contributed by atoms with Gasteiger partial charge >= 0.3 is 5.97 Å². The Morgan fingerprint density at radius 2 is 2.24 bits per heavy atom. The molecule has 1 heterocycles. The monoisotopic (exact) mass is 290 g/mol. The number of rotatable bonds is 6. The average molecular weight is 290 g/mol. The zero-order valence-electron chi connectivity index (χ0n) is 11.4. The van der Waals surface area contributed by atoms with Crippen molar-refractivity contribution in [2.45, 2.75) is 25.4 Å². The summed E-state index contributed by atoms with van der Waals surface area (Å²) >= 11 is 0. The van der Waals surface area contributed by atoms with Gasteiger partial charge in [0.1, 0.15) is 0 Å². The third kappa shape index (κ3) is 2.96. The number of aromatic nitrogens is 2. The molecule has 110 valence electrons. The van der Waals surface area contributed by atoms with Crippen LogP contribution in [0.25, 0.3) is 0 Å². The normalized spacial score (nSPS) is 14.0. The number of carboxylic acid groups (broad SMARTS) is 1. The average Bonchev–Trinajstić information content (AvgIpc) is 3.23. The van der Waals surface area contributed by atoms with Crippen molar-refractivity contribution < 1.29 is 23.9 Å². The van der Waals surface area contributed by atoms with E-state index in [-0.39, 0.29) is 12.2 Å². The molecule has 0 radical (unpaired) electrons. The van der Waals surface area contributed by atoms with E-state index in [9.17, 15) is 4.79 Å². The van der Waals surface area contributed by atoms with Gasteiger partial charge in [0.2, 0.25) is 0 Å². The third-order valence-electron chi connectivity index (χ3n) is 3.19. The first-order chi connectivity index (χ1) is 10.2. The zero-order valence-corrected chi connectivity index (χ0v) is 11.4. The van der Waals surface area contributed by atoms with Gasteiger partial charge in [0.25, 0.3) is 5.89 Å². The van der Waals surface area contributed by atoms with Gasteiger partial charge in [-0.1, -0.05) is 5.16 Å². The van der Waals surface area contributed by atoms with Crippen LogP contribution in [0.4, 0.5) is 0 Å². The summed E-state index contributed by atoms with van der Waals surface area (Å²) in [5, 5.41) is 12.9. The fourth-order valence-corrected chi connectivity index (χ4v) is 1.90. The van der Waals surface area contributed by atoms with Crippen molar-refractivity contribution in [1.29, 1.82) is 0 Å². The number of carbonyl (C=O) groups is 1. The lowest BCUT2D eigenvalue weighted by atomic mass is 10.2. The van der Waals surface area contributed by atoms with Crippen molar-refractivity contribution in [2.75, 3.05) is 7.11 Å². The quantitative estimate of drug-likeness (QED) is 0.871. The number of hydrogen-bond acceptors (Lipinski definition) is 6. The van der Waals surface area contributed by atoms with Crippen LogP contribution in [0.3, 0.4) is 0 Å². The first kappa shape index (κ1) is 13.4. The molecule has 0 amide bonds. The molecule has 2 aromatic rings. The second-order valence-electron chi connectivity index (χ2n) is 4.78. The molecule has 3 rings (SSSR count). The van der Waals surface area contributed by atoms with E-state index in [0.29, 0.717) is 29.1 Å². The molecule has 21 heavy (non-hydrogen) atoms. The van der Waals surface area contributed by atoms with Gasteiger partial charge in [-0.15, -0.1) is 0 Å². The second kappa shape index (κ2) is 5.43. The van der Waals surface area contributed by atoms with E-state index < -0.39 is 5.97 Å².